The molecule has 1 aromatic carbocycles. The minimum Gasteiger partial charge on any atom is -0.344 e. The first-order valence-corrected chi connectivity index (χ1v) is 5.92. The van der Waals surface area contributed by atoms with Crippen LogP contribution in [0.5, 0.6) is 0 Å². The number of carbonyl (C=O) groups excluding carboxylic acids is 1. The van der Waals surface area contributed by atoms with Crippen LogP contribution in [0.3, 0.4) is 0 Å². The van der Waals surface area contributed by atoms with E-state index < -0.39 is 0 Å². The summed E-state index contributed by atoms with van der Waals surface area (Å²) in [5.41, 5.74) is 1.74. The number of benzene rings is 1. The Hall–Kier alpha value is -2.67. The predicted molar refractivity (Wildman–Crippen MR) is 71.3 cm³/mol. The fourth-order valence-electron chi connectivity index (χ4n) is 1.72. The van der Waals surface area contributed by atoms with Crippen molar-refractivity contribution in [3.63, 3.8) is 0 Å². The molecule has 0 bridgehead atoms. The van der Waals surface area contributed by atoms with Gasteiger partial charge in [0.15, 0.2) is 0 Å². The van der Waals surface area contributed by atoms with E-state index in [0.717, 1.165) is 5.69 Å². The van der Waals surface area contributed by atoms with E-state index in [1.54, 1.807) is 30.5 Å². The Balaban J connectivity index is 2.11. The minimum atomic E-state index is -0.213. The van der Waals surface area contributed by atoms with Gasteiger partial charge in [0, 0.05) is 11.8 Å². The summed E-state index contributed by atoms with van der Waals surface area (Å²) < 4.78 is 0. The van der Waals surface area contributed by atoms with Gasteiger partial charge in [0.1, 0.15) is 0 Å². The van der Waals surface area contributed by atoms with Gasteiger partial charge in [-0.15, -0.1) is 0 Å². The van der Waals surface area contributed by atoms with Gasteiger partial charge in [-0.2, -0.15) is 5.26 Å². The molecule has 0 aliphatic heterocycles. The summed E-state index contributed by atoms with van der Waals surface area (Å²) in [6.45, 7) is 1.87. The van der Waals surface area contributed by atoms with Crippen LogP contribution in [0.25, 0.3) is 0 Å². The van der Waals surface area contributed by atoms with Crippen molar-refractivity contribution in [2.75, 3.05) is 0 Å². The predicted octanol–water partition coefficient (Wildman–Crippen LogP) is 2.44. The Bertz CT molecular complexity index is 617. The normalized spacial score (nSPS) is 11.4. The van der Waals surface area contributed by atoms with Crippen LogP contribution >= 0.6 is 0 Å². The highest BCUT2D eigenvalue weighted by Gasteiger charge is 2.12. The van der Waals surface area contributed by atoms with Gasteiger partial charge in [-0.3, -0.25) is 9.78 Å². The molecule has 1 heterocycles. The number of carbonyl (C=O) groups is 1. The molecule has 0 unspecified atom stereocenters. The number of aromatic nitrogens is 1. The molecule has 0 aliphatic rings. The van der Waals surface area contributed by atoms with E-state index in [2.05, 4.69) is 10.3 Å². The van der Waals surface area contributed by atoms with Crippen molar-refractivity contribution in [3.8, 4) is 6.07 Å². The topological polar surface area (TPSA) is 65.8 Å². The van der Waals surface area contributed by atoms with Gasteiger partial charge < -0.3 is 5.32 Å². The monoisotopic (exact) mass is 251 g/mol. The van der Waals surface area contributed by atoms with E-state index >= 15 is 0 Å². The van der Waals surface area contributed by atoms with Gasteiger partial charge in [-0.1, -0.05) is 12.1 Å². The van der Waals surface area contributed by atoms with Crippen LogP contribution in [0.1, 0.15) is 34.6 Å². The number of nitriles is 1. The molecular formula is C15H13N3O. The third-order valence-corrected chi connectivity index (χ3v) is 2.73. The summed E-state index contributed by atoms with van der Waals surface area (Å²) in [5.74, 6) is -0.213. The standard InChI is InChI=1S/C15H13N3O/c1-11(14-7-2-3-8-17-14)18-15(19)13-6-4-5-12(9-13)10-16/h2-9,11H,1H3,(H,18,19)/t11-/m0/s1. The van der Waals surface area contributed by atoms with E-state index in [0.29, 0.717) is 11.1 Å². The van der Waals surface area contributed by atoms with Crippen LogP contribution in [-0.4, -0.2) is 10.9 Å². The molecule has 4 nitrogen and oxygen atoms in total. The molecule has 0 aliphatic carbocycles. The van der Waals surface area contributed by atoms with Crippen molar-refractivity contribution in [3.05, 3.63) is 65.5 Å². The van der Waals surface area contributed by atoms with Crippen LogP contribution < -0.4 is 5.32 Å². The third kappa shape index (κ3) is 3.17. The molecule has 1 N–H and O–H groups in total. The zero-order valence-corrected chi connectivity index (χ0v) is 10.5. The Morgan fingerprint density at radius 2 is 2.16 bits per heavy atom. The van der Waals surface area contributed by atoms with Crippen LogP contribution in [0.4, 0.5) is 0 Å². The van der Waals surface area contributed by atoms with Gasteiger partial charge in [0.2, 0.25) is 0 Å². The lowest BCUT2D eigenvalue weighted by molar-refractivity contribution is 0.0939. The molecule has 0 spiro atoms. The second kappa shape index (κ2) is 5.78. The van der Waals surface area contributed by atoms with Crippen molar-refractivity contribution in [1.29, 1.82) is 5.26 Å². The van der Waals surface area contributed by atoms with Crippen molar-refractivity contribution in [1.82, 2.24) is 10.3 Å². The molecule has 2 aromatic rings. The van der Waals surface area contributed by atoms with Crippen molar-refractivity contribution >= 4 is 5.91 Å². The van der Waals surface area contributed by atoms with Crippen molar-refractivity contribution < 1.29 is 4.79 Å². The van der Waals surface area contributed by atoms with E-state index in [4.69, 9.17) is 5.26 Å². The van der Waals surface area contributed by atoms with Crippen LogP contribution in [0, 0.1) is 11.3 Å². The van der Waals surface area contributed by atoms with E-state index in [9.17, 15) is 4.79 Å². The molecule has 2 rings (SSSR count). The summed E-state index contributed by atoms with van der Waals surface area (Å²) >= 11 is 0. The second-order valence-corrected chi connectivity index (χ2v) is 4.14. The Labute approximate surface area is 111 Å². The number of rotatable bonds is 3. The molecule has 4 heteroatoms. The molecule has 1 amide bonds. The first-order valence-electron chi connectivity index (χ1n) is 5.92. The second-order valence-electron chi connectivity index (χ2n) is 4.14. The third-order valence-electron chi connectivity index (χ3n) is 2.73. The lowest BCUT2D eigenvalue weighted by Crippen LogP contribution is -2.27. The highest BCUT2D eigenvalue weighted by Crippen LogP contribution is 2.10. The summed E-state index contributed by atoms with van der Waals surface area (Å²) in [5, 5.41) is 11.7. The quantitative estimate of drug-likeness (QED) is 0.911. The maximum Gasteiger partial charge on any atom is 0.251 e. The largest absolute Gasteiger partial charge is 0.344 e. The molecule has 1 aromatic heterocycles. The lowest BCUT2D eigenvalue weighted by Gasteiger charge is -2.13. The number of amides is 1. The molecule has 0 radical (unpaired) electrons. The Morgan fingerprint density at radius 1 is 1.32 bits per heavy atom. The SMILES string of the molecule is C[C@H](NC(=O)c1cccc(C#N)c1)c1ccccn1. The highest BCUT2D eigenvalue weighted by atomic mass is 16.1. The Morgan fingerprint density at radius 3 is 2.84 bits per heavy atom. The zero-order valence-electron chi connectivity index (χ0n) is 10.5. The lowest BCUT2D eigenvalue weighted by atomic mass is 10.1. The average molecular weight is 251 g/mol. The minimum absolute atomic E-state index is 0.181. The number of hydrogen-bond acceptors (Lipinski definition) is 3. The summed E-state index contributed by atoms with van der Waals surface area (Å²) in [6, 6.07) is 14.0. The number of hydrogen-bond donors (Lipinski definition) is 1. The maximum absolute atomic E-state index is 12.0. The van der Waals surface area contributed by atoms with E-state index in [-0.39, 0.29) is 11.9 Å². The first kappa shape index (κ1) is 12.8. The number of nitrogens with zero attached hydrogens (tertiary/aromatic N) is 2. The summed E-state index contributed by atoms with van der Waals surface area (Å²) in [7, 11) is 0. The molecule has 19 heavy (non-hydrogen) atoms. The Kier molecular flexibility index (Phi) is 3.89. The van der Waals surface area contributed by atoms with E-state index in [1.807, 2.05) is 31.2 Å². The van der Waals surface area contributed by atoms with Gasteiger partial charge in [-0.05, 0) is 37.3 Å². The number of pyridine rings is 1. The van der Waals surface area contributed by atoms with Gasteiger partial charge in [0.25, 0.3) is 5.91 Å². The number of nitrogens with one attached hydrogen (secondary N) is 1. The summed E-state index contributed by atoms with van der Waals surface area (Å²) in [6.07, 6.45) is 1.69. The highest BCUT2D eigenvalue weighted by molar-refractivity contribution is 5.94. The van der Waals surface area contributed by atoms with Gasteiger partial charge >= 0.3 is 0 Å². The fourth-order valence-corrected chi connectivity index (χ4v) is 1.72. The molecule has 0 saturated carbocycles. The molecule has 1 atom stereocenters. The fraction of sp³-hybridized carbons (Fsp3) is 0.133. The van der Waals surface area contributed by atoms with Crippen LogP contribution in [0.15, 0.2) is 48.7 Å². The van der Waals surface area contributed by atoms with E-state index in [1.165, 1.54) is 0 Å². The first-order chi connectivity index (χ1) is 9.20. The zero-order chi connectivity index (χ0) is 13.7. The van der Waals surface area contributed by atoms with Crippen LogP contribution in [-0.2, 0) is 0 Å². The van der Waals surface area contributed by atoms with Crippen molar-refractivity contribution in [2.45, 2.75) is 13.0 Å². The molecular weight excluding hydrogens is 238 g/mol. The van der Waals surface area contributed by atoms with Gasteiger partial charge in [-0.25, -0.2) is 0 Å². The molecule has 0 fully saturated rings. The average Bonchev–Trinajstić information content (AvgIpc) is 2.48. The molecule has 94 valence electrons. The molecule has 0 saturated heterocycles. The van der Waals surface area contributed by atoms with Crippen LogP contribution in [0.2, 0.25) is 0 Å². The summed E-state index contributed by atoms with van der Waals surface area (Å²) in [4.78, 5) is 16.2. The smallest absolute Gasteiger partial charge is 0.251 e. The maximum atomic E-state index is 12.0. The van der Waals surface area contributed by atoms with Crippen molar-refractivity contribution in [2.24, 2.45) is 0 Å². The van der Waals surface area contributed by atoms with Gasteiger partial charge in [0.05, 0.1) is 23.4 Å².